The molecular weight excluding hydrogens is 248 g/mol. The lowest BCUT2D eigenvalue weighted by molar-refractivity contribution is 0.0995. The van der Waals surface area contributed by atoms with E-state index < -0.39 is 11.5 Å². The van der Waals surface area contributed by atoms with Crippen LogP contribution < -0.4 is 22.3 Å². The van der Waals surface area contributed by atoms with Crippen LogP contribution in [0.2, 0.25) is 0 Å². The molecule has 8 nitrogen and oxygen atoms in total. The lowest BCUT2D eigenvalue weighted by atomic mass is 10.2. The van der Waals surface area contributed by atoms with E-state index >= 15 is 0 Å². The summed E-state index contributed by atoms with van der Waals surface area (Å²) in [6.45, 7) is 1.66. The van der Waals surface area contributed by atoms with Gasteiger partial charge in [-0.25, -0.2) is 9.97 Å². The summed E-state index contributed by atoms with van der Waals surface area (Å²) in [6, 6.07) is 2.99. The summed E-state index contributed by atoms with van der Waals surface area (Å²) >= 11 is 0. The minimum atomic E-state index is -0.688. The smallest absolute Gasteiger partial charge is 0.272 e. The number of hydrogen-bond donors (Lipinski definition) is 4. The van der Waals surface area contributed by atoms with Crippen LogP contribution >= 0.6 is 0 Å². The van der Waals surface area contributed by atoms with Gasteiger partial charge in [0.2, 0.25) is 0 Å². The van der Waals surface area contributed by atoms with Gasteiger partial charge in [-0.1, -0.05) is 0 Å². The molecule has 2 heterocycles. The maximum atomic E-state index is 11.8. The van der Waals surface area contributed by atoms with Gasteiger partial charge in [0.1, 0.15) is 29.3 Å². The van der Waals surface area contributed by atoms with Crippen LogP contribution in [-0.2, 0) is 0 Å². The minimum Gasteiger partial charge on any atom is -0.384 e. The first-order valence-corrected chi connectivity index (χ1v) is 5.35. The molecule has 6 N–H and O–H groups in total. The third-order valence-electron chi connectivity index (χ3n) is 2.44. The monoisotopic (exact) mass is 260 g/mol. The Labute approximate surface area is 107 Å². The van der Waals surface area contributed by atoms with Crippen molar-refractivity contribution in [3.8, 4) is 0 Å². The van der Waals surface area contributed by atoms with Crippen LogP contribution in [0, 0.1) is 6.92 Å². The van der Waals surface area contributed by atoms with Crippen molar-refractivity contribution in [1.29, 1.82) is 0 Å². The summed E-state index contributed by atoms with van der Waals surface area (Å²) in [7, 11) is 0. The molecule has 0 bridgehead atoms. The number of nitrogens with one attached hydrogen (secondary N) is 2. The van der Waals surface area contributed by atoms with Crippen LogP contribution in [0.1, 0.15) is 16.1 Å². The molecule has 0 aliphatic rings. The normalized spacial score (nSPS) is 10.2. The number of rotatable bonds is 3. The molecule has 0 aliphatic carbocycles. The fraction of sp³-hybridized carbons (Fsp3) is 0.0909. The number of nitrogens with zero attached hydrogens (tertiary/aromatic N) is 2. The van der Waals surface area contributed by atoms with Gasteiger partial charge in [-0.15, -0.1) is 0 Å². The molecule has 0 fully saturated rings. The number of aryl methyl sites for hydroxylation is 1. The number of primary amides is 1. The average molecular weight is 260 g/mol. The first-order valence-electron chi connectivity index (χ1n) is 5.35. The van der Waals surface area contributed by atoms with Crippen LogP contribution in [0.4, 0.5) is 17.3 Å². The van der Waals surface area contributed by atoms with Gasteiger partial charge in [-0.05, 0) is 18.6 Å². The van der Waals surface area contributed by atoms with Crippen molar-refractivity contribution in [2.75, 3.05) is 11.1 Å². The van der Waals surface area contributed by atoms with Crippen molar-refractivity contribution < 1.29 is 4.79 Å². The lowest BCUT2D eigenvalue weighted by Gasteiger charge is -2.07. The van der Waals surface area contributed by atoms with Crippen LogP contribution in [0.3, 0.4) is 0 Å². The number of hydrogen-bond acceptors (Lipinski definition) is 6. The maximum absolute atomic E-state index is 11.8. The van der Waals surface area contributed by atoms with E-state index in [-0.39, 0.29) is 17.2 Å². The number of aromatic nitrogens is 3. The molecule has 0 spiro atoms. The topological polar surface area (TPSA) is 140 Å². The fourth-order valence-electron chi connectivity index (χ4n) is 1.56. The number of H-pyrrole nitrogens is 1. The molecule has 0 aromatic carbocycles. The molecule has 0 saturated carbocycles. The van der Waals surface area contributed by atoms with Crippen molar-refractivity contribution in [1.82, 2.24) is 15.0 Å². The van der Waals surface area contributed by atoms with E-state index in [9.17, 15) is 9.59 Å². The van der Waals surface area contributed by atoms with Crippen molar-refractivity contribution in [3.63, 3.8) is 0 Å². The molecule has 0 atom stereocenters. The van der Waals surface area contributed by atoms with E-state index in [0.717, 1.165) is 0 Å². The molecule has 0 saturated heterocycles. The minimum absolute atomic E-state index is 0.0813. The van der Waals surface area contributed by atoms with Crippen molar-refractivity contribution in [2.24, 2.45) is 5.73 Å². The third-order valence-corrected chi connectivity index (χ3v) is 2.44. The quantitative estimate of drug-likeness (QED) is 0.607. The second-order valence-corrected chi connectivity index (χ2v) is 3.89. The van der Waals surface area contributed by atoms with Crippen LogP contribution in [0.5, 0.6) is 0 Å². The summed E-state index contributed by atoms with van der Waals surface area (Å²) in [5.41, 5.74) is 11.0. The highest BCUT2D eigenvalue weighted by Gasteiger charge is 2.10. The Morgan fingerprint density at radius 3 is 2.74 bits per heavy atom. The Hall–Kier alpha value is -2.90. The molecule has 2 rings (SSSR count). The number of pyridine rings is 1. The summed E-state index contributed by atoms with van der Waals surface area (Å²) in [6.07, 6.45) is 1.27. The molecule has 2 aromatic heterocycles. The van der Waals surface area contributed by atoms with Gasteiger partial charge in [0.15, 0.2) is 0 Å². The summed E-state index contributed by atoms with van der Waals surface area (Å²) in [5, 5.41) is 2.79. The number of amides is 1. The molecule has 2 aromatic rings. The van der Waals surface area contributed by atoms with Gasteiger partial charge in [0.05, 0.1) is 0 Å². The SMILES string of the molecule is Cc1cc(Nc2cc(N)ncn2)c(=O)[nH]c1C(N)=O. The number of aromatic amines is 1. The van der Waals surface area contributed by atoms with Gasteiger partial charge in [-0.3, -0.25) is 9.59 Å². The second-order valence-electron chi connectivity index (χ2n) is 3.89. The Kier molecular flexibility index (Phi) is 3.15. The number of carbonyl (C=O) groups is 1. The first-order chi connectivity index (χ1) is 8.97. The molecule has 19 heavy (non-hydrogen) atoms. The summed E-state index contributed by atoms with van der Waals surface area (Å²) in [4.78, 5) is 32.9. The van der Waals surface area contributed by atoms with E-state index in [0.29, 0.717) is 11.4 Å². The number of nitrogens with two attached hydrogens (primary N) is 2. The van der Waals surface area contributed by atoms with Gasteiger partial charge < -0.3 is 21.8 Å². The highest BCUT2D eigenvalue weighted by molar-refractivity contribution is 5.92. The first kappa shape index (κ1) is 12.6. The standard InChI is InChI=1S/C11H12N6O2/c1-5-2-6(11(19)17-9(5)10(13)18)16-8-3-7(12)14-4-15-8/h2-4H,1H3,(H2,13,18)(H,17,19)(H3,12,14,15,16). The zero-order valence-electron chi connectivity index (χ0n) is 10.1. The van der Waals surface area contributed by atoms with Crippen molar-refractivity contribution in [3.05, 3.63) is 40.1 Å². The molecule has 0 aliphatic heterocycles. The van der Waals surface area contributed by atoms with Crippen LogP contribution in [0.25, 0.3) is 0 Å². The molecule has 0 radical (unpaired) electrons. The number of anilines is 3. The Balaban J connectivity index is 2.39. The molecule has 8 heteroatoms. The van der Waals surface area contributed by atoms with E-state index in [1.54, 1.807) is 6.92 Å². The molecule has 1 amide bonds. The highest BCUT2D eigenvalue weighted by atomic mass is 16.1. The van der Waals surface area contributed by atoms with Gasteiger partial charge in [0, 0.05) is 6.07 Å². The van der Waals surface area contributed by atoms with E-state index in [1.165, 1.54) is 18.5 Å². The Bertz CT molecular complexity index is 694. The number of carbonyl (C=O) groups excluding carboxylic acids is 1. The predicted octanol–water partition coefficient (Wildman–Crippen LogP) is -0.102. The average Bonchev–Trinajstić information content (AvgIpc) is 2.33. The maximum Gasteiger partial charge on any atom is 0.272 e. The second kappa shape index (κ2) is 4.77. The summed E-state index contributed by atoms with van der Waals surface area (Å²) < 4.78 is 0. The van der Waals surface area contributed by atoms with Crippen LogP contribution in [0.15, 0.2) is 23.3 Å². The summed E-state index contributed by atoms with van der Waals surface area (Å²) in [5.74, 6) is -0.0314. The van der Waals surface area contributed by atoms with E-state index in [2.05, 4.69) is 20.3 Å². The van der Waals surface area contributed by atoms with Gasteiger partial charge in [-0.2, -0.15) is 0 Å². The van der Waals surface area contributed by atoms with E-state index in [1.807, 2.05) is 0 Å². The molecule has 0 unspecified atom stereocenters. The van der Waals surface area contributed by atoms with E-state index in [4.69, 9.17) is 11.5 Å². The van der Waals surface area contributed by atoms with Crippen molar-refractivity contribution in [2.45, 2.75) is 6.92 Å². The molecule has 98 valence electrons. The van der Waals surface area contributed by atoms with Gasteiger partial charge in [0.25, 0.3) is 11.5 Å². The van der Waals surface area contributed by atoms with Crippen molar-refractivity contribution >= 4 is 23.2 Å². The Morgan fingerprint density at radius 2 is 2.11 bits per heavy atom. The largest absolute Gasteiger partial charge is 0.384 e. The van der Waals surface area contributed by atoms with Crippen LogP contribution in [-0.4, -0.2) is 20.9 Å². The zero-order valence-corrected chi connectivity index (χ0v) is 10.1. The zero-order chi connectivity index (χ0) is 14.0. The third kappa shape index (κ3) is 2.68. The number of nitrogen functional groups attached to an aromatic ring is 1. The van der Waals surface area contributed by atoms with Gasteiger partial charge >= 0.3 is 0 Å². The Morgan fingerprint density at radius 1 is 1.37 bits per heavy atom. The molecular formula is C11H12N6O2. The fourth-order valence-corrected chi connectivity index (χ4v) is 1.56. The highest BCUT2D eigenvalue weighted by Crippen LogP contribution is 2.13. The lowest BCUT2D eigenvalue weighted by Crippen LogP contribution is -2.22. The predicted molar refractivity (Wildman–Crippen MR) is 70.0 cm³/mol.